The first-order chi connectivity index (χ1) is 7.33. The second kappa shape index (κ2) is 4.97. The highest BCUT2D eigenvalue weighted by molar-refractivity contribution is 5.80. The van der Waals surface area contributed by atoms with Gasteiger partial charge in [-0.25, -0.2) is 0 Å². The second-order valence-corrected chi connectivity index (χ2v) is 4.87. The fraction of sp³-hybridized carbons (Fsp3) is 0.917. The summed E-state index contributed by atoms with van der Waals surface area (Å²) in [7, 11) is 1.96. The summed E-state index contributed by atoms with van der Waals surface area (Å²) in [6.45, 7) is 1.94. The van der Waals surface area contributed by atoms with E-state index in [9.17, 15) is 4.79 Å². The molecule has 0 spiro atoms. The van der Waals surface area contributed by atoms with E-state index in [1.54, 1.807) is 0 Å². The molecule has 0 aromatic heterocycles. The Kier molecular flexibility index (Phi) is 3.62. The van der Waals surface area contributed by atoms with Crippen LogP contribution in [0.5, 0.6) is 0 Å². The van der Waals surface area contributed by atoms with Crippen LogP contribution in [0.25, 0.3) is 0 Å². The molecule has 1 atom stereocenters. The average molecular weight is 210 g/mol. The molecule has 3 nitrogen and oxygen atoms in total. The van der Waals surface area contributed by atoms with E-state index in [-0.39, 0.29) is 0 Å². The topological polar surface area (TPSA) is 32.3 Å². The van der Waals surface area contributed by atoms with E-state index in [0.29, 0.717) is 17.9 Å². The maximum absolute atomic E-state index is 12.2. The van der Waals surface area contributed by atoms with Gasteiger partial charge in [-0.05, 0) is 26.3 Å². The Hall–Kier alpha value is -0.570. The zero-order chi connectivity index (χ0) is 10.7. The molecule has 1 heterocycles. The van der Waals surface area contributed by atoms with Crippen LogP contribution in [-0.4, -0.2) is 37.0 Å². The highest BCUT2D eigenvalue weighted by Crippen LogP contribution is 2.28. The van der Waals surface area contributed by atoms with Crippen molar-refractivity contribution in [3.8, 4) is 0 Å². The van der Waals surface area contributed by atoms with Gasteiger partial charge < -0.3 is 10.2 Å². The number of carbonyl (C=O) groups is 1. The van der Waals surface area contributed by atoms with E-state index >= 15 is 0 Å². The van der Waals surface area contributed by atoms with E-state index < -0.39 is 0 Å². The van der Waals surface area contributed by atoms with Gasteiger partial charge in [0.1, 0.15) is 0 Å². The first kappa shape index (κ1) is 10.9. The van der Waals surface area contributed by atoms with E-state index in [0.717, 1.165) is 25.9 Å². The number of carbonyl (C=O) groups excluding carboxylic acids is 1. The summed E-state index contributed by atoms with van der Waals surface area (Å²) in [5.74, 6) is 0.777. The number of nitrogens with one attached hydrogen (secondary N) is 1. The number of hydrogen-bond donors (Lipinski definition) is 1. The van der Waals surface area contributed by atoms with Crippen molar-refractivity contribution in [2.45, 2.75) is 44.6 Å². The third-order valence-electron chi connectivity index (χ3n) is 3.82. The maximum Gasteiger partial charge on any atom is 0.225 e. The fourth-order valence-electron chi connectivity index (χ4n) is 2.76. The Morgan fingerprint density at radius 2 is 2.00 bits per heavy atom. The molecule has 0 bridgehead atoms. The molecule has 1 N–H and O–H groups in total. The highest BCUT2D eigenvalue weighted by Gasteiger charge is 2.35. The van der Waals surface area contributed by atoms with Crippen LogP contribution in [0.15, 0.2) is 0 Å². The molecule has 0 aromatic carbocycles. The minimum atomic E-state index is 0.346. The molecule has 1 saturated heterocycles. The van der Waals surface area contributed by atoms with Gasteiger partial charge in [-0.2, -0.15) is 0 Å². The van der Waals surface area contributed by atoms with Crippen molar-refractivity contribution in [2.24, 2.45) is 5.92 Å². The van der Waals surface area contributed by atoms with Gasteiger partial charge in [-0.3, -0.25) is 4.79 Å². The summed E-state index contributed by atoms with van der Waals surface area (Å²) < 4.78 is 0. The first-order valence-electron chi connectivity index (χ1n) is 6.28. The lowest BCUT2D eigenvalue weighted by atomic mass is 9.86. The Morgan fingerprint density at radius 1 is 1.27 bits per heavy atom. The van der Waals surface area contributed by atoms with E-state index in [2.05, 4.69) is 10.2 Å². The van der Waals surface area contributed by atoms with Crippen LogP contribution >= 0.6 is 0 Å². The number of hydrogen-bond acceptors (Lipinski definition) is 2. The van der Waals surface area contributed by atoms with Crippen LogP contribution in [0.4, 0.5) is 0 Å². The zero-order valence-electron chi connectivity index (χ0n) is 9.67. The quantitative estimate of drug-likeness (QED) is 0.763. The smallest absolute Gasteiger partial charge is 0.225 e. The predicted molar refractivity (Wildman–Crippen MR) is 60.6 cm³/mol. The van der Waals surface area contributed by atoms with Crippen molar-refractivity contribution in [3.05, 3.63) is 0 Å². The average Bonchev–Trinajstić information content (AvgIpc) is 2.25. The first-order valence-corrected chi connectivity index (χ1v) is 6.28. The van der Waals surface area contributed by atoms with Crippen molar-refractivity contribution in [3.63, 3.8) is 0 Å². The molecule has 0 radical (unpaired) electrons. The molecule has 1 unspecified atom stereocenters. The monoisotopic (exact) mass is 210 g/mol. The third-order valence-corrected chi connectivity index (χ3v) is 3.82. The van der Waals surface area contributed by atoms with Gasteiger partial charge in [0, 0.05) is 25.0 Å². The van der Waals surface area contributed by atoms with Crippen LogP contribution in [-0.2, 0) is 4.79 Å². The van der Waals surface area contributed by atoms with Crippen molar-refractivity contribution in [2.75, 3.05) is 20.1 Å². The Bertz CT molecular complexity index is 224. The van der Waals surface area contributed by atoms with Crippen molar-refractivity contribution >= 4 is 5.91 Å². The second-order valence-electron chi connectivity index (χ2n) is 4.87. The lowest BCUT2D eigenvalue weighted by Gasteiger charge is -2.43. The van der Waals surface area contributed by atoms with Crippen molar-refractivity contribution in [1.82, 2.24) is 10.2 Å². The van der Waals surface area contributed by atoms with Gasteiger partial charge in [0.05, 0.1) is 0 Å². The van der Waals surface area contributed by atoms with Gasteiger partial charge >= 0.3 is 0 Å². The van der Waals surface area contributed by atoms with Gasteiger partial charge in [0.25, 0.3) is 0 Å². The summed E-state index contributed by atoms with van der Waals surface area (Å²) in [5, 5.41) is 3.16. The molecule has 1 aliphatic carbocycles. The van der Waals surface area contributed by atoms with Gasteiger partial charge in [-0.15, -0.1) is 0 Å². The number of nitrogens with zero attached hydrogens (tertiary/aromatic N) is 1. The predicted octanol–water partition coefficient (Wildman–Crippen LogP) is 1.39. The van der Waals surface area contributed by atoms with E-state index in [1.165, 1.54) is 25.7 Å². The molecule has 2 fully saturated rings. The van der Waals surface area contributed by atoms with Crippen LogP contribution < -0.4 is 5.32 Å². The number of likely N-dealkylation sites (tertiary alicyclic amines) is 1. The van der Waals surface area contributed by atoms with Crippen molar-refractivity contribution < 1.29 is 4.79 Å². The van der Waals surface area contributed by atoms with Crippen LogP contribution in [0.1, 0.15) is 38.5 Å². The minimum Gasteiger partial charge on any atom is -0.338 e. The SMILES string of the molecule is CNCC1CCN1C(=O)C1CCCCC1. The molecule has 1 aliphatic heterocycles. The fourth-order valence-corrected chi connectivity index (χ4v) is 2.76. The van der Waals surface area contributed by atoms with Crippen LogP contribution in [0.3, 0.4) is 0 Å². The Morgan fingerprint density at radius 3 is 2.53 bits per heavy atom. The minimum absolute atomic E-state index is 0.346. The number of amides is 1. The molecule has 3 heteroatoms. The zero-order valence-corrected chi connectivity index (χ0v) is 9.67. The molecule has 2 aliphatic rings. The Labute approximate surface area is 92.2 Å². The molecular weight excluding hydrogens is 188 g/mol. The summed E-state index contributed by atoms with van der Waals surface area (Å²) >= 11 is 0. The molecule has 1 amide bonds. The normalized spacial score (nSPS) is 27.5. The molecule has 0 aromatic rings. The summed E-state index contributed by atoms with van der Waals surface area (Å²) in [6, 6.07) is 0.476. The molecule has 1 saturated carbocycles. The van der Waals surface area contributed by atoms with Gasteiger partial charge in [0.2, 0.25) is 5.91 Å². The highest BCUT2D eigenvalue weighted by atomic mass is 16.2. The van der Waals surface area contributed by atoms with Crippen LogP contribution in [0, 0.1) is 5.92 Å². The third kappa shape index (κ3) is 2.33. The van der Waals surface area contributed by atoms with Crippen molar-refractivity contribution in [1.29, 1.82) is 0 Å². The summed E-state index contributed by atoms with van der Waals surface area (Å²) in [6.07, 6.45) is 7.26. The lowest BCUT2D eigenvalue weighted by Crippen LogP contribution is -2.56. The summed E-state index contributed by atoms with van der Waals surface area (Å²) in [5.41, 5.74) is 0. The lowest BCUT2D eigenvalue weighted by molar-refractivity contribution is -0.144. The molecule has 15 heavy (non-hydrogen) atoms. The largest absolute Gasteiger partial charge is 0.338 e. The number of rotatable bonds is 3. The standard InChI is InChI=1S/C12H22N2O/c1-13-9-11-7-8-14(11)12(15)10-5-3-2-4-6-10/h10-11,13H,2-9H2,1H3. The Balaban J connectivity index is 1.84. The molecular formula is C12H22N2O. The molecule has 2 rings (SSSR count). The maximum atomic E-state index is 12.2. The van der Waals surface area contributed by atoms with Gasteiger partial charge in [-0.1, -0.05) is 19.3 Å². The summed E-state index contributed by atoms with van der Waals surface area (Å²) in [4.78, 5) is 14.3. The number of likely N-dealkylation sites (N-methyl/N-ethyl adjacent to an activating group) is 1. The molecule has 86 valence electrons. The van der Waals surface area contributed by atoms with Crippen LogP contribution in [0.2, 0.25) is 0 Å². The van der Waals surface area contributed by atoms with Gasteiger partial charge in [0.15, 0.2) is 0 Å². The van der Waals surface area contributed by atoms with E-state index in [1.807, 2.05) is 7.05 Å². The van der Waals surface area contributed by atoms with E-state index in [4.69, 9.17) is 0 Å².